The van der Waals surface area contributed by atoms with Crippen molar-refractivity contribution in [3.05, 3.63) is 130 Å². The number of sulfonamides is 1. The Morgan fingerprint density at radius 3 is 2.18 bits per heavy atom. The van der Waals surface area contributed by atoms with Crippen molar-refractivity contribution in [3.8, 4) is 0 Å². The summed E-state index contributed by atoms with van der Waals surface area (Å²) in [6.45, 7) is 5.00. The van der Waals surface area contributed by atoms with Crippen LogP contribution in [-0.4, -0.2) is 44.3 Å². The minimum atomic E-state index is -4.90. The molecule has 0 heterocycles. The summed E-state index contributed by atoms with van der Waals surface area (Å²) in [7, 11) is -4.60. The maximum atomic E-state index is 14.6. The van der Waals surface area contributed by atoms with Crippen LogP contribution in [0, 0.1) is 13.8 Å². The van der Waals surface area contributed by atoms with Crippen LogP contribution in [0.4, 0.5) is 18.9 Å². The number of nitrogens with zero attached hydrogens (tertiary/aromatic N) is 2. The van der Waals surface area contributed by atoms with E-state index in [1.165, 1.54) is 17.0 Å². The van der Waals surface area contributed by atoms with Crippen molar-refractivity contribution < 1.29 is 31.2 Å². The topological polar surface area (TPSA) is 86.8 Å². The Morgan fingerprint density at radius 1 is 0.898 bits per heavy atom. The first kappa shape index (κ1) is 37.5. The molecule has 1 unspecified atom stereocenters. The van der Waals surface area contributed by atoms with Crippen LogP contribution in [0.3, 0.4) is 0 Å². The van der Waals surface area contributed by atoms with Gasteiger partial charge in [0.05, 0.1) is 21.2 Å². The monoisotopic (exact) mass is 713 g/mol. The van der Waals surface area contributed by atoms with E-state index in [0.29, 0.717) is 28.9 Å². The van der Waals surface area contributed by atoms with Gasteiger partial charge in [-0.15, -0.1) is 0 Å². The van der Waals surface area contributed by atoms with Crippen molar-refractivity contribution >= 4 is 39.1 Å². The molecule has 0 spiro atoms. The lowest BCUT2D eigenvalue weighted by Crippen LogP contribution is -2.53. The summed E-state index contributed by atoms with van der Waals surface area (Å²) in [5.74, 6) is -1.22. The molecule has 0 aliphatic heterocycles. The molecule has 4 aromatic rings. The molecule has 0 radical (unpaired) electrons. The van der Waals surface area contributed by atoms with Crippen LogP contribution < -0.4 is 9.62 Å². The Hall–Kier alpha value is -4.35. The van der Waals surface area contributed by atoms with Gasteiger partial charge in [0.1, 0.15) is 12.6 Å². The highest BCUT2D eigenvalue weighted by atomic mass is 35.5. The minimum Gasteiger partial charge on any atom is -0.354 e. The van der Waals surface area contributed by atoms with E-state index >= 15 is 0 Å². The van der Waals surface area contributed by atoms with Crippen molar-refractivity contribution in [2.24, 2.45) is 0 Å². The lowest BCUT2D eigenvalue weighted by Gasteiger charge is -2.34. The van der Waals surface area contributed by atoms with Gasteiger partial charge in [-0.05, 0) is 67.3 Å². The summed E-state index contributed by atoms with van der Waals surface area (Å²) in [5, 5.41) is 2.29. The van der Waals surface area contributed by atoms with Crippen LogP contribution in [0.15, 0.2) is 102 Å². The Balaban J connectivity index is 1.86. The van der Waals surface area contributed by atoms with E-state index in [9.17, 15) is 31.2 Å². The smallest absolute Gasteiger partial charge is 0.354 e. The maximum Gasteiger partial charge on any atom is 0.417 e. The standard InChI is InChI=1S/C37H39ClF3N3O4S/c1-4-5-21-42-36(46)34(22-28-12-7-6-8-13-28)43(24-29-14-10-9-11-27(29)3)35(45)25-44(49(47,48)31-18-15-26(2)16-19-31)30-17-20-33(38)32(23-30)37(39,40)41/h6-20,23,34H,4-5,21-22,24-25H2,1-3H3,(H,42,46). The second kappa shape index (κ2) is 16.4. The quantitative estimate of drug-likeness (QED) is 0.136. The predicted octanol–water partition coefficient (Wildman–Crippen LogP) is 7.73. The number of nitrogens with one attached hydrogen (secondary N) is 1. The van der Waals surface area contributed by atoms with Gasteiger partial charge < -0.3 is 10.2 Å². The predicted molar refractivity (Wildman–Crippen MR) is 186 cm³/mol. The second-order valence-corrected chi connectivity index (χ2v) is 14.1. The molecule has 0 saturated carbocycles. The molecule has 2 amide bonds. The van der Waals surface area contributed by atoms with Gasteiger partial charge in [0.2, 0.25) is 11.8 Å². The first-order chi connectivity index (χ1) is 23.2. The van der Waals surface area contributed by atoms with Gasteiger partial charge in [-0.3, -0.25) is 13.9 Å². The van der Waals surface area contributed by atoms with Crippen LogP contribution in [0.1, 0.15) is 47.6 Å². The average Bonchev–Trinajstić information content (AvgIpc) is 3.06. The Labute approximate surface area is 290 Å². The van der Waals surface area contributed by atoms with Gasteiger partial charge >= 0.3 is 6.18 Å². The van der Waals surface area contributed by atoms with Crippen LogP contribution in [0.25, 0.3) is 0 Å². The zero-order valence-electron chi connectivity index (χ0n) is 27.5. The molecule has 1 atom stereocenters. The molecule has 0 bridgehead atoms. The van der Waals surface area contributed by atoms with E-state index in [1.54, 1.807) is 31.2 Å². The van der Waals surface area contributed by atoms with Crippen molar-refractivity contribution in [2.75, 3.05) is 17.4 Å². The number of benzene rings is 4. The molecule has 0 aliphatic rings. The lowest BCUT2D eigenvalue weighted by atomic mass is 10.0. The van der Waals surface area contributed by atoms with E-state index in [0.717, 1.165) is 35.2 Å². The first-order valence-corrected chi connectivity index (χ1v) is 17.7. The number of hydrogen-bond donors (Lipinski definition) is 1. The summed E-state index contributed by atoms with van der Waals surface area (Å²) in [6, 6.07) is 23.7. The molecule has 7 nitrogen and oxygen atoms in total. The number of rotatable bonds is 14. The van der Waals surface area contributed by atoms with Crippen LogP contribution >= 0.6 is 11.6 Å². The number of unbranched alkanes of at least 4 members (excludes halogenated alkanes) is 1. The summed E-state index contributed by atoms with van der Waals surface area (Å²) in [5.41, 5.74) is 1.41. The maximum absolute atomic E-state index is 14.6. The minimum absolute atomic E-state index is 0.0585. The van der Waals surface area contributed by atoms with Crippen LogP contribution in [-0.2, 0) is 38.8 Å². The Morgan fingerprint density at radius 2 is 1.55 bits per heavy atom. The van der Waals surface area contributed by atoms with Gasteiger partial charge in [0, 0.05) is 19.5 Å². The number of carbonyl (C=O) groups excluding carboxylic acids is 2. The summed E-state index contributed by atoms with van der Waals surface area (Å²) < 4.78 is 71.0. The third-order valence-corrected chi connectivity index (χ3v) is 10.3. The molecule has 4 aromatic carbocycles. The number of carbonyl (C=O) groups is 2. The SMILES string of the molecule is CCCCNC(=O)C(Cc1ccccc1)N(Cc1ccccc1C)C(=O)CN(c1ccc(Cl)c(C(F)(F)F)c1)S(=O)(=O)c1ccc(C)cc1. The summed E-state index contributed by atoms with van der Waals surface area (Å²) >= 11 is 5.89. The molecule has 0 aliphatic carbocycles. The van der Waals surface area contributed by atoms with Crippen molar-refractivity contribution in [1.29, 1.82) is 0 Å². The fourth-order valence-corrected chi connectivity index (χ4v) is 6.91. The first-order valence-electron chi connectivity index (χ1n) is 15.8. The fraction of sp³-hybridized carbons (Fsp3) is 0.297. The highest BCUT2D eigenvalue weighted by Gasteiger charge is 2.37. The van der Waals surface area contributed by atoms with E-state index in [4.69, 9.17) is 11.6 Å². The lowest BCUT2D eigenvalue weighted by molar-refractivity contribution is -0.140. The zero-order valence-corrected chi connectivity index (χ0v) is 29.1. The summed E-state index contributed by atoms with van der Waals surface area (Å²) in [4.78, 5) is 29.5. The van der Waals surface area contributed by atoms with Crippen molar-refractivity contribution in [2.45, 2.75) is 63.7 Å². The number of amides is 2. The van der Waals surface area contributed by atoms with Crippen LogP contribution in [0.5, 0.6) is 0 Å². The van der Waals surface area contributed by atoms with Crippen LogP contribution in [0.2, 0.25) is 5.02 Å². The molecule has 49 heavy (non-hydrogen) atoms. The van der Waals surface area contributed by atoms with Gasteiger partial charge in [0.15, 0.2) is 0 Å². The van der Waals surface area contributed by atoms with E-state index in [1.807, 2.05) is 56.3 Å². The Kier molecular flexibility index (Phi) is 12.5. The Bertz CT molecular complexity index is 1850. The highest BCUT2D eigenvalue weighted by Crippen LogP contribution is 2.38. The molecule has 0 aromatic heterocycles. The largest absolute Gasteiger partial charge is 0.417 e. The molecule has 0 fully saturated rings. The van der Waals surface area contributed by atoms with E-state index < -0.39 is 56.9 Å². The summed E-state index contributed by atoms with van der Waals surface area (Å²) in [6.07, 6.45) is -3.26. The number of aryl methyl sites for hydroxylation is 2. The molecule has 4 rings (SSSR count). The molecular formula is C37H39ClF3N3O4S. The van der Waals surface area contributed by atoms with Crippen molar-refractivity contribution in [1.82, 2.24) is 10.2 Å². The molecule has 260 valence electrons. The third kappa shape index (κ3) is 9.64. The second-order valence-electron chi connectivity index (χ2n) is 11.8. The number of halogens is 4. The average molecular weight is 714 g/mol. The van der Waals surface area contributed by atoms with E-state index in [-0.39, 0.29) is 17.9 Å². The van der Waals surface area contributed by atoms with Gasteiger partial charge in [-0.2, -0.15) is 13.2 Å². The zero-order chi connectivity index (χ0) is 35.8. The normalized spacial score (nSPS) is 12.3. The molecule has 1 N–H and O–H groups in total. The van der Waals surface area contributed by atoms with Gasteiger partial charge in [-0.1, -0.05) is 97.2 Å². The van der Waals surface area contributed by atoms with Gasteiger partial charge in [0.25, 0.3) is 10.0 Å². The number of anilines is 1. The van der Waals surface area contributed by atoms with Crippen molar-refractivity contribution in [3.63, 3.8) is 0 Å². The molecule has 0 saturated heterocycles. The fourth-order valence-electron chi connectivity index (χ4n) is 5.28. The molecular weight excluding hydrogens is 675 g/mol. The number of alkyl halides is 3. The third-order valence-electron chi connectivity index (χ3n) is 8.13. The van der Waals surface area contributed by atoms with Gasteiger partial charge in [-0.25, -0.2) is 8.42 Å². The molecule has 12 heteroatoms. The number of hydrogen-bond acceptors (Lipinski definition) is 4. The highest BCUT2D eigenvalue weighted by molar-refractivity contribution is 7.92. The van der Waals surface area contributed by atoms with E-state index in [2.05, 4.69) is 5.32 Å².